The Morgan fingerprint density at radius 1 is 1.11 bits per heavy atom. The number of amides is 1. The molecule has 0 aliphatic heterocycles. The first kappa shape index (κ1) is 18.3. The number of nitrogens with zero attached hydrogens (tertiary/aromatic N) is 2. The molecule has 0 spiro atoms. The van der Waals surface area contributed by atoms with Crippen LogP contribution in [0.2, 0.25) is 0 Å². The van der Waals surface area contributed by atoms with Crippen LogP contribution >= 0.6 is 11.3 Å². The Bertz CT molecular complexity index is 1060. The molecule has 0 atom stereocenters. The Morgan fingerprint density at radius 2 is 1.86 bits per heavy atom. The zero-order valence-corrected chi connectivity index (χ0v) is 16.6. The van der Waals surface area contributed by atoms with Crippen LogP contribution < -0.4 is 10.1 Å². The van der Waals surface area contributed by atoms with Gasteiger partial charge in [-0.3, -0.25) is 9.48 Å². The molecule has 2 aromatic carbocycles. The van der Waals surface area contributed by atoms with Crippen LogP contribution in [0.1, 0.15) is 26.5 Å². The molecule has 4 rings (SSSR count). The first-order chi connectivity index (χ1) is 13.6. The highest BCUT2D eigenvalue weighted by molar-refractivity contribution is 7.20. The van der Waals surface area contributed by atoms with E-state index in [1.807, 2.05) is 79.3 Å². The van der Waals surface area contributed by atoms with E-state index in [2.05, 4.69) is 10.4 Å². The van der Waals surface area contributed by atoms with Gasteiger partial charge in [0.15, 0.2) is 0 Å². The van der Waals surface area contributed by atoms with E-state index in [0.717, 1.165) is 32.8 Å². The lowest BCUT2D eigenvalue weighted by molar-refractivity contribution is 0.0955. The van der Waals surface area contributed by atoms with Crippen LogP contribution in [0.4, 0.5) is 0 Å². The number of fused-ring (bicyclic) bond motifs is 1. The molecule has 6 heteroatoms. The topological polar surface area (TPSA) is 56.2 Å². The van der Waals surface area contributed by atoms with Crippen LogP contribution in [0.25, 0.3) is 10.2 Å². The first-order valence-corrected chi connectivity index (χ1v) is 9.89. The summed E-state index contributed by atoms with van der Waals surface area (Å²) in [6.45, 7) is 2.97. The number of hydrogen-bond acceptors (Lipinski definition) is 4. The molecular formula is C22H21N3O2S. The predicted molar refractivity (Wildman–Crippen MR) is 112 cm³/mol. The summed E-state index contributed by atoms with van der Waals surface area (Å²) in [5, 5.41) is 8.39. The Kier molecular flexibility index (Phi) is 5.12. The summed E-state index contributed by atoms with van der Waals surface area (Å²) >= 11 is 1.46. The van der Waals surface area contributed by atoms with Gasteiger partial charge in [0.1, 0.15) is 17.2 Å². The largest absolute Gasteiger partial charge is 0.489 e. The summed E-state index contributed by atoms with van der Waals surface area (Å²) in [6, 6.07) is 19.8. The fraction of sp³-hybridized carbons (Fsp3) is 0.182. The molecule has 1 N–H and O–H groups in total. The van der Waals surface area contributed by atoms with Gasteiger partial charge in [0.2, 0.25) is 0 Å². The Hall–Kier alpha value is -3.12. The molecule has 28 heavy (non-hydrogen) atoms. The zero-order valence-electron chi connectivity index (χ0n) is 15.8. The molecule has 1 amide bonds. The molecular weight excluding hydrogens is 370 g/mol. The number of thiophene rings is 1. The minimum atomic E-state index is -0.0648. The highest BCUT2D eigenvalue weighted by atomic mass is 32.1. The summed E-state index contributed by atoms with van der Waals surface area (Å²) in [4.78, 5) is 14.2. The number of nitrogens with one attached hydrogen (secondary N) is 1. The van der Waals surface area contributed by atoms with Gasteiger partial charge in [-0.15, -0.1) is 11.3 Å². The summed E-state index contributed by atoms with van der Waals surface area (Å²) in [6.07, 6.45) is 0. The van der Waals surface area contributed by atoms with E-state index in [1.54, 1.807) is 0 Å². The molecule has 0 radical (unpaired) electrons. The maximum Gasteiger partial charge on any atom is 0.261 e. The molecule has 5 nitrogen and oxygen atoms in total. The molecule has 2 aromatic heterocycles. The monoisotopic (exact) mass is 391 g/mol. The van der Waals surface area contributed by atoms with Gasteiger partial charge in [0.25, 0.3) is 5.91 Å². The lowest BCUT2D eigenvalue weighted by atomic mass is 10.2. The van der Waals surface area contributed by atoms with E-state index in [-0.39, 0.29) is 5.91 Å². The van der Waals surface area contributed by atoms with Gasteiger partial charge in [0, 0.05) is 19.0 Å². The summed E-state index contributed by atoms with van der Waals surface area (Å²) in [5.74, 6) is 0.747. The average molecular weight is 391 g/mol. The third-order valence-corrected chi connectivity index (χ3v) is 5.75. The second-order valence-corrected chi connectivity index (χ2v) is 7.67. The Labute approximate surface area is 167 Å². The molecule has 0 saturated heterocycles. The highest BCUT2D eigenvalue weighted by Crippen LogP contribution is 2.27. The van der Waals surface area contributed by atoms with E-state index in [1.165, 1.54) is 11.3 Å². The molecule has 2 heterocycles. The Balaban J connectivity index is 1.33. The average Bonchev–Trinajstić information content (AvgIpc) is 3.28. The number of aromatic nitrogens is 2. The van der Waals surface area contributed by atoms with Crippen molar-refractivity contribution >= 4 is 27.5 Å². The van der Waals surface area contributed by atoms with Crippen molar-refractivity contribution in [2.45, 2.75) is 20.1 Å². The first-order valence-electron chi connectivity index (χ1n) is 9.07. The van der Waals surface area contributed by atoms with Crippen LogP contribution in [0.5, 0.6) is 5.75 Å². The van der Waals surface area contributed by atoms with Crippen molar-refractivity contribution in [1.82, 2.24) is 15.1 Å². The molecule has 4 aromatic rings. The second-order valence-electron chi connectivity index (χ2n) is 6.64. The molecule has 0 fully saturated rings. The molecule has 0 saturated carbocycles. The standard InChI is InChI=1S/C22H21N3O2S/c1-15-19-12-20(28-22(19)25(2)24-15)21(26)23-13-16-8-10-18(11-9-16)27-14-17-6-4-3-5-7-17/h3-12H,13-14H2,1-2H3,(H,23,26). The molecule has 0 aliphatic rings. The third kappa shape index (κ3) is 3.92. The fourth-order valence-electron chi connectivity index (χ4n) is 3.03. The van der Waals surface area contributed by atoms with Gasteiger partial charge in [-0.1, -0.05) is 42.5 Å². The number of rotatable bonds is 6. The van der Waals surface area contributed by atoms with Crippen molar-refractivity contribution in [3.8, 4) is 5.75 Å². The van der Waals surface area contributed by atoms with E-state index in [0.29, 0.717) is 18.0 Å². The number of hydrogen-bond donors (Lipinski definition) is 1. The normalized spacial score (nSPS) is 10.9. The number of carbonyl (C=O) groups excluding carboxylic acids is 1. The van der Waals surface area contributed by atoms with E-state index in [9.17, 15) is 4.79 Å². The van der Waals surface area contributed by atoms with Crippen molar-refractivity contribution in [1.29, 1.82) is 0 Å². The number of benzene rings is 2. The van der Waals surface area contributed by atoms with E-state index in [4.69, 9.17) is 4.74 Å². The van der Waals surface area contributed by atoms with Crippen LogP contribution in [0, 0.1) is 6.92 Å². The van der Waals surface area contributed by atoms with Gasteiger partial charge in [0.05, 0.1) is 10.6 Å². The lowest BCUT2D eigenvalue weighted by Gasteiger charge is -2.08. The molecule has 142 valence electrons. The Morgan fingerprint density at radius 3 is 2.57 bits per heavy atom. The quantitative estimate of drug-likeness (QED) is 0.528. The van der Waals surface area contributed by atoms with Crippen molar-refractivity contribution in [3.63, 3.8) is 0 Å². The minimum Gasteiger partial charge on any atom is -0.489 e. The van der Waals surface area contributed by atoms with Gasteiger partial charge < -0.3 is 10.1 Å². The molecule has 0 bridgehead atoms. The number of ether oxygens (including phenoxy) is 1. The third-order valence-electron chi connectivity index (χ3n) is 4.54. The molecule has 0 aliphatic carbocycles. The SMILES string of the molecule is Cc1nn(C)c2sc(C(=O)NCc3ccc(OCc4ccccc4)cc3)cc12. The van der Waals surface area contributed by atoms with Crippen LogP contribution in [-0.4, -0.2) is 15.7 Å². The maximum absolute atomic E-state index is 12.5. The van der Waals surface area contributed by atoms with Gasteiger partial charge in [-0.2, -0.15) is 5.10 Å². The summed E-state index contributed by atoms with van der Waals surface area (Å²) in [7, 11) is 1.90. The van der Waals surface area contributed by atoms with Crippen molar-refractivity contribution < 1.29 is 9.53 Å². The predicted octanol–water partition coefficient (Wildman–Crippen LogP) is 4.45. The van der Waals surface area contributed by atoms with Crippen LogP contribution in [0.3, 0.4) is 0 Å². The van der Waals surface area contributed by atoms with Gasteiger partial charge >= 0.3 is 0 Å². The van der Waals surface area contributed by atoms with Crippen molar-refractivity contribution in [2.75, 3.05) is 0 Å². The second kappa shape index (κ2) is 7.86. The zero-order chi connectivity index (χ0) is 19.5. The lowest BCUT2D eigenvalue weighted by Crippen LogP contribution is -2.21. The summed E-state index contributed by atoms with van der Waals surface area (Å²) < 4.78 is 7.61. The smallest absolute Gasteiger partial charge is 0.261 e. The van der Waals surface area contributed by atoms with Crippen molar-refractivity contribution in [3.05, 3.63) is 82.4 Å². The highest BCUT2D eigenvalue weighted by Gasteiger charge is 2.14. The number of carbonyl (C=O) groups is 1. The number of aryl methyl sites for hydroxylation is 2. The van der Waals surface area contributed by atoms with E-state index < -0.39 is 0 Å². The maximum atomic E-state index is 12.5. The van der Waals surface area contributed by atoms with E-state index >= 15 is 0 Å². The van der Waals surface area contributed by atoms with Gasteiger partial charge in [-0.05, 0) is 36.2 Å². The molecule has 0 unspecified atom stereocenters. The minimum absolute atomic E-state index is 0.0648. The fourth-order valence-corrected chi connectivity index (χ4v) is 4.07. The van der Waals surface area contributed by atoms with Crippen LogP contribution in [0.15, 0.2) is 60.7 Å². The van der Waals surface area contributed by atoms with Gasteiger partial charge in [-0.25, -0.2) is 0 Å². The van der Waals surface area contributed by atoms with Crippen LogP contribution in [-0.2, 0) is 20.2 Å². The summed E-state index contributed by atoms with van der Waals surface area (Å²) in [5.41, 5.74) is 3.10. The van der Waals surface area contributed by atoms with Crippen molar-refractivity contribution in [2.24, 2.45) is 7.05 Å².